The van der Waals surface area contributed by atoms with E-state index in [1.165, 1.54) is 0 Å². The standard InChI is InChI=1S/C15H10N4O/c20-8-12-15-11(17-18-12)5-3-7-14(15)19-9-16-10-4-1-2-6-13(10)19/h1-9H,(H,17,18). The summed E-state index contributed by atoms with van der Waals surface area (Å²) in [6, 6.07) is 13.6. The molecule has 5 heteroatoms. The molecule has 1 N–H and O–H groups in total. The lowest BCUT2D eigenvalue weighted by Gasteiger charge is -2.06. The van der Waals surface area contributed by atoms with Crippen molar-refractivity contribution in [1.82, 2.24) is 19.7 Å². The Morgan fingerprint density at radius 3 is 2.80 bits per heavy atom. The molecule has 2 aromatic heterocycles. The van der Waals surface area contributed by atoms with Crippen molar-refractivity contribution in [2.24, 2.45) is 0 Å². The number of aromatic amines is 1. The van der Waals surface area contributed by atoms with Crippen molar-refractivity contribution < 1.29 is 4.79 Å². The molecule has 2 heterocycles. The average molecular weight is 262 g/mol. The minimum Gasteiger partial charge on any atom is -0.298 e. The summed E-state index contributed by atoms with van der Waals surface area (Å²) in [4.78, 5) is 15.6. The molecule has 0 bridgehead atoms. The summed E-state index contributed by atoms with van der Waals surface area (Å²) in [5, 5.41) is 7.72. The first-order valence-corrected chi connectivity index (χ1v) is 6.23. The van der Waals surface area contributed by atoms with Gasteiger partial charge in [-0.1, -0.05) is 18.2 Å². The van der Waals surface area contributed by atoms with Gasteiger partial charge in [0.15, 0.2) is 6.29 Å². The smallest absolute Gasteiger partial charge is 0.168 e. The van der Waals surface area contributed by atoms with E-state index in [0.717, 1.165) is 33.9 Å². The van der Waals surface area contributed by atoms with E-state index in [4.69, 9.17) is 0 Å². The van der Waals surface area contributed by atoms with Crippen LogP contribution in [0.1, 0.15) is 10.5 Å². The van der Waals surface area contributed by atoms with Crippen LogP contribution in [0.2, 0.25) is 0 Å². The first-order chi connectivity index (χ1) is 9.88. The van der Waals surface area contributed by atoms with E-state index in [0.29, 0.717) is 5.69 Å². The molecule has 0 saturated heterocycles. The zero-order valence-corrected chi connectivity index (χ0v) is 10.4. The van der Waals surface area contributed by atoms with Gasteiger partial charge >= 0.3 is 0 Å². The number of benzene rings is 2. The van der Waals surface area contributed by atoms with Crippen molar-refractivity contribution in [3.8, 4) is 5.69 Å². The van der Waals surface area contributed by atoms with Gasteiger partial charge in [-0.15, -0.1) is 0 Å². The highest BCUT2D eigenvalue weighted by Gasteiger charge is 2.12. The van der Waals surface area contributed by atoms with Crippen LogP contribution in [0.25, 0.3) is 27.6 Å². The molecule has 20 heavy (non-hydrogen) atoms. The Kier molecular flexibility index (Phi) is 2.20. The Hall–Kier alpha value is -2.95. The molecule has 96 valence electrons. The van der Waals surface area contributed by atoms with Gasteiger partial charge in [0.05, 0.1) is 27.6 Å². The van der Waals surface area contributed by atoms with E-state index in [1.807, 2.05) is 47.0 Å². The second-order valence-electron chi connectivity index (χ2n) is 4.53. The molecular formula is C15H10N4O. The van der Waals surface area contributed by atoms with E-state index in [1.54, 1.807) is 6.33 Å². The SMILES string of the molecule is O=Cc1[nH]nc2cccc(-n3cnc4ccccc43)c12. The first-order valence-electron chi connectivity index (χ1n) is 6.23. The minimum atomic E-state index is 0.480. The van der Waals surface area contributed by atoms with Gasteiger partial charge in [-0.05, 0) is 24.3 Å². The fraction of sp³-hybridized carbons (Fsp3) is 0. The minimum absolute atomic E-state index is 0.480. The van der Waals surface area contributed by atoms with Crippen molar-refractivity contribution in [3.63, 3.8) is 0 Å². The summed E-state index contributed by atoms with van der Waals surface area (Å²) in [5.41, 5.74) is 4.06. The lowest BCUT2D eigenvalue weighted by atomic mass is 10.1. The fourth-order valence-electron chi connectivity index (χ4n) is 2.51. The van der Waals surface area contributed by atoms with Gasteiger partial charge in [0.2, 0.25) is 0 Å². The molecule has 0 aliphatic rings. The third-order valence-electron chi connectivity index (χ3n) is 3.42. The van der Waals surface area contributed by atoms with Crippen LogP contribution in [0.15, 0.2) is 48.8 Å². The quantitative estimate of drug-likeness (QED) is 0.565. The monoisotopic (exact) mass is 262 g/mol. The molecule has 4 aromatic rings. The van der Waals surface area contributed by atoms with Crippen molar-refractivity contribution >= 4 is 28.2 Å². The maximum absolute atomic E-state index is 11.2. The number of hydrogen-bond donors (Lipinski definition) is 1. The number of imidazole rings is 1. The molecule has 0 aliphatic carbocycles. The van der Waals surface area contributed by atoms with Crippen LogP contribution in [0.4, 0.5) is 0 Å². The molecule has 0 aliphatic heterocycles. The number of carbonyl (C=O) groups excluding carboxylic acids is 1. The highest BCUT2D eigenvalue weighted by molar-refractivity contribution is 6.00. The van der Waals surface area contributed by atoms with Crippen LogP contribution < -0.4 is 0 Å². The number of rotatable bonds is 2. The molecule has 5 nitrogen and oxygen atoms in total. The second-order valence-corrected chi connectivity index (χ2v) is 4.53. The van der Waals surface area contributed by atoms with E-state index < -0.39 is 0 Å². The Balaban J connectivity index is 2.12. The zero-order chi connectivity index (χ0) is 13.5. The van der Waals surface area contributed by atoms with Crippen LogP contribution >= 0.6 is 0 Å². The zero-order valence-electron chi connectivity index (χ0n) is 10.4. The van der Waals surface area contributed by atoms with Crippen molar-refractivity contribution in [3.05, 3.63) is 54.5 Å². The van der Waals surface area contributed by atoms with Gasteiger partial charge in [-0.25, -0.2) is 4.98 Å². The summed E-state index contributed by atoms with van der Waals surface area (Å²) < 4.78 is 1.97. The number of nitrogens with zero attached hydrogens (tertiary/aromatic N) is 3. The number of nitrogens with one attached hydrogen (secondary N) is 1. The summed E-state index contributed by atoms with van der Waals surface area (Å²) in [5.74, 6) is 0. The van der Waals surface area contributed by atoms with Crippen molar-refractivity contribution in [2.75, 3.05) is 0 Å². The number of carbonyl (C=O) groups is 1. The molecule has 0 spiro atoms. The third-order valence-corrected chi connectivity index (χ3v) is 3.42. The van der Waals surface area contributed by atoms with Gasteiger partial charge in [0.25, 0.3) is 0 Å². The van der Waals surface area contributed by atoms with Crippen LogP contribution in [0, 0.1) is 0 Å². The Morgan fingerprint density at radius 2 is 1.90 bits per heavy atom. The maximum atomic E-state index is 11.2. The first kappa shape index (κ1) is 10.9. The van der Waals surface area contributed by atoms with Crippen LogP contribution in [0.5, 0.6) is 0 Å². The van der Waals surface area contributed by atoms with Crippen LogP contribution in [0.3, 0.4) is 0 Å². The normalized spacial score (nSPS) is 11.2. The third kappa shape index (κ3) is 1.40. The predicted molar refractivity (Wildman–Crippen MR) is 76.1 cm³/mol. The Labute approximate surface area is 113 Å². The Bertz CT molecular complexity index is 935. The largest absolute Gasteiger partial charge is 0.298 e. The molecule has 2 aromatic carbocycles. The van der Waals surface area contributed by atoms with E-state index in [9.17, 15) is 4.79 Å². The van der Waals surface area contributed by atoms with Crippen molar-refractivity contribution in [2.45, 2.75) is 0 Å². The average Bonchev–Trinajstić information content (AvgIpc) is 3.11. The molecule has 0 atom stereocenters. The number of hydrogen-bond acceptors (Lipinski definition) is 3. The molecule has 0 saturated carbocycles. The van der Waals surface area contributed by atoms with Gasteiger partial charge < -0.3 is 0 Å². The predicted octanol–water partition coefficient (Wildman–Crippen LogP) is 2.71. The van der Waals surface area contributed by atoms with Crippen molar-refractivity contribution in [1.29, 1.82) is 0 Å². The van der Waals surface area contributed by atoms with Gasteiger partial charge in [-0.2, -0.15) is 5.10 Å². The highest BCUT2D eigenvalue weighted by Crippen LogP contribution is 2.26. The summed E-state index contributed by atoms with van der Waals surface area (Å²) in [6.45, 7) is 0. The van der Waals surface area contributed by atoms with Crippen LogP contribution in [-0.4, -0.2) is 26.0 Å². The number of H-pyrrole nitrogens is 1. The summed E-state index contributed by atoms with van der Waals surface area (Å²) in [6.07, 6.45) is 2.55. The van der Waals surface area contributed by atoms with Gasteiger partial charge in [0, 0.05) is 0 Å². The topological polar surface area (TPSA) is 63.6 Å². The number of fused-ring (bicyclic) bond motifs is 2. The Morgan fingerprint density at radius 1 is 1.05 bits per heavy atom. The number of aldehydes is 1. The lowest BCUT2D eigenvalue weighted by Crippen LogP contribution is -1.94. The van der Waals surface area contributed by atoms with Gasteiger partial charge in [0.1, 0.15) is 12.0 Å². The van der Waals surface area contributed by atoms with E-state index in [-0.39, 0.29) is 0 Å². The van der Waals surface area contributed by atoms with Gasteiger partial charge in [-0.3, -0.25) is 14.5 Å². The molecular weight excluding hydrogens is 252 g/mol. The maximum Gasteiger partial charge on any atom is 0.168 e. The molecule has 0 unspecified atom stereocenters. The molecule has 4 rings (SSSR count). The highest BCUT2D eigenvalue weighted by atomic mass is 16.1. The fourth-order valence-corrected chi connectivity index (χ4v) is 2.51. The number of aromatic nitrogens is 4. The molecule has 0 radical (unpaired) electrons. The van der Waals surface area contributed by atoms with Crippen LogP contribution in [-0.2, 0) is 0 Å². The number of para-hydroxylation sites is 2. The lowest BCUT2D eigenvalue weighted by molar-refractivity contribution is 0.112. The molecule has 0 fully saturated rings. The van der Waals surface area contributed by atoms with E-state index in [2.05, 4.69) is 15.2 Å². The van der Waals surface area contributed by atoms with E-state index >= 15 is 0 Å². The summed E-state index contributed by atoms with van der Waals surface area (Å²) >= 11 is 0. The molecule has 0 amide bonds. The second kappa shape index (κ2) is 4.03. The summed E-state index contributed by atoms with van der Waals surface area (Å²) in [7, 11) is 0.